The van der Waals surface area contributed by atoms with Crippen molar-refractivity contribution in [1.29, 1.82) is 0 Å². The fourth-order valence-corrected chi connectivity index (χ4v) is 4.30. The number of benzene rings is 2. The lowest BCUT2D eigenvalue weighted by molar-refractivity contribution is 0.101. The number of nitrogens with zero attached hydrogens (tertiary/aromatic N) is 1. The monoisotopic (exact) mass is 476 g/mol. The van der Waals surface area contributed by atoms with Crippen LogP contribution in [0.15, 0.2) is 65.5 Å². The highest BCUT2D eigenvalue weighted by Crippen LogP contribution is 2.28. The quantitative estimate of drug-likeness (QED) is 0.364. The minimum atomic E-state index is -0.502. The Labute approximate surface area is 198 Å². The molecular weight excluding hydrogens is 455 g/mol. The largest absolute Gasteiger partial charge is 0.321 e. The number of aromatic nitrogens is 2. The van der Waals surface area contributed by atoms with Crippen LogP contribution in [0.2, 0.25) is 0 Å². The van der Waals surface area contributed by atoms with Gasteiger partial charge in [0.1, 0.15) is 11.6 Å². The fourth-order valence-electron chi connectivity index (χ4n) is 3.34. The molecule has 172 valence electrons. The van der Waals surface area contributed by atoms with Gasteiger partial charge in [-0.05, 0) is 55.3 Å². The van der Waals surface area contributed by atoms with Crippen LogP contribution in [0.5, 0.6) is 0 Å². The Balaban J connectivity index is 1.51. The molecule has 2 aromatic carbocycles. The summed E-state index contributed by atoms with van der Waals surface area (Å²) in [6.45, 7) is 3.69. The number of carbonyl (C=O) groups is 2. The van der Waals surface area contributed by atoms with Crippen molar-refractivity contribution < 1.29 is 14.0 Å². The van der Waals surface area contributed by atoms with Crippen LogP contribution in [0.1, 0.15) is 38.2 Å². The Morgan fingerprint density at radius 2 is 1.82 bits per heavy atom. The van der Waals surface area contributed by atoms with Crippen molar-refractivity contribution in [3.8, 4) is 11.4 Å². The van der Waals surface area contributed by atoms with Gasteiger partial charge in [-0.2, -0.15) is 0 Å². The van der Waals surface area contributed by atoms with E-state index in [1.54, 1.807) is 37.3 Å². The maximum absolute atomic E-state index is 13.4. The van der Waals surface area contributed by atoms with E-state index >= 15 is 0 Å². The summed E-state index contributed by atoms with van der Waals surface area (Å²) < 4.78 is 13.4. The van der Waals surface area contributed by atoms with Gasteiger partial charge in [-0.3, -0.25) is 14.4 Å². The summed E-state index contributed by atoms with van der Waals surface area (Å²) >= 11 is 1.12. The number of halogens is 1. The molecule has 0 aliphatic carbocycles. The Morgan fingerprint density at radius 3 is 2.59 bits per heavy atom. The lowest BCUT2D eigenvalue weighted by Crippen LogP contribution is -2.12. The minimum Gasteiger partial charge on any atom is -0.321 e. The first-order valence-electron chi connectivity index (χ1n) is 10.5. The number of H-pyrrole nitrogens is 1. The van der Waals surface area contributed by atoms with Crippen molar-refractivity contribution in [3.63, 3.8) is 0 Å². The number of rotatable bonds is 6. The molecule has 2 heterocycles. The summed E-state index contributed by atoms with van der Waals surface area (Å²) in [5.74, 6) is -0.876. The molecule has 0 saturated carbocycles. The molecule has 0 unspecified atom stereocenters. The minimum absolute atomic E-state index is 0.188. The number of carbonyl (C=O) groups excluding carboxylic acids is 2. The van der Waals surface area contributed by atoms with Crippen LogP contribution in [0.4, 0.5) is 15.1 Å². The van der Waals surface area contributed by atoms with Gasteiger partial charge in [0, 0.05) is 28.6 Å². The third-order valence-electron chi connectivity index (χ3n) is 5.00. The number of hydrogen-bond donors (Lipinski definition) is 3. The van der Waals surface area contributed by atoms with Gasteiger partial charge in [-0.25, -0.2) is 9.37 Å². The zero-order chi connectivity index (χ0) is 24.2. The smallest absolute Gasteiger partial charge is 0.266 e. The highest BCUT2D eigenvalue weighted by molar-refractivity contribution is 7.18. The Bertz CT molecular complexity index is 1440. The molecule has 0 saturated heterocycles. The molecule has 0 radical (unpaired) electrons. The van der Waals surface area contributed by atoms with Crippen molar-refractivity contribution in [2.45, 2.75) is 20.3 Å². The van der Waals surface area contributed by atoms with E-state index in [1.165, 1.54) is 24.3 Å². The summed E-state index contributed by atoms with van der Waals surface area (Å²) in [5, 5.41) is 6.03. The molecule has 4 rings (SSSR count). The van der Waals surface area contributed by atoms with E-state index in [0.717, 1.165) is 17.4 Å². The van der Waals surface area contributed by atoms with Gasteiger partial charge in [0.2, 0.25) is 0 Å². The van der Waals surface area contributed by atoms with E-state index in [9.17, 15) is 18.8 Å². The van der Waals surface area contributed by atoms with Crippen LogP contribution < -0.4 is 16.2 Å². The Morgan fingerprint density at radius 1 is 1.03 bits per heavy atom. The molecule has 34 heavy (non-hydrogen) atoms. The molecule has 0 aliphatic heterocycles. The number of hydrogen-bond acceptors (Lipinski definition) is 5. The summed E-state index contributed by atoms with van der Waals surface area (Å²) in [6, 6.07) is 15.5. The van der Waals surface area contributed by atoms with Crippen LogP contribution >= 0.6 is 11.3 Å². The van der Waals surface area contributed by atoms with Crippen molar-refractivity contribution >= 4 is 33.8 Å². The van der Waals surface area contributed by atoms with Crippen LogP contribution in [-0.2, 0) is 6.42 Å². The second-order valence-electron chi connectivity index (χ2n) is 7.56. The lowest BCUT2D eigenvalue weighted by atomic mass is 10.1. The first kappa shape index (κ1) is 23.1. The zero-order valence-electron chi connectivity index (χ0n) is 18.4. The number of nitrogens with one attached hydrogen (secondary N) is 3. The van der Waals surface area contributed by atoms with Crippen LogP contribution in [0.25, 0.3) is 11.4 Å². The molecule has 4 aromatic rings. The Hall–Kier alpha value is -4.11. The van der Waals surface area contributed by atoms with Gasteiger partial charge in [0.15, 0.2) is 0 Å². The lowest BCUT2D eigenvalue weighted by Gasteiger charge is -2.08. The molecule has 3 N–H and O–H groups in total. The van der Waals surface area contributed by atoms with E-state index < -0.39 is 11.7 Å². The average Bonchev–Trinajstić information content (AvgIpc) is 3.18. The summed E-state index contributed by atoms with van der Waals surface area (Å²) in [4.78, 5) is 44.8. The highest BCUT2D eigenvalue weighted by atomic mass is 32.1. The molecule has 2 amide bonds. The number of aromatic amines is 1. The molecule has 0 atom stereocenters. The predicted molar refractivity (Wildman–Crippen MR) is 131 cm³/mol. The van der Waals surface area contributed by atoms with Gasteiger partial charge < -0.3 is 15.6 Å². The standard InChI is InChI=1S/C25H21FN4O3S/c1-3-18-13-20(31)29-23(27-18)15-6-5-9-19(12-15)28-25(33)22-14(2)10-21(34-22)30-24(32)16-7-4-8-17(26)11-16/h4-13H,3H2,1-2H3,(H,28,33)(H,30,32)(H,27,29,31). The highest BCUT2D eigenvalue weighted by Gasteiger charge is 2.16. The van der Waals surface area contributed by atoms with Crippen molar-refractivity contribution in [2.75, 3.05) is 10.6 Å². The maximum Gasteiger partial charge on any atom is 0.266 e. The molecule has 2 aromatic heterocycles. The van der Waals surface area contributed by atoms with E-state index in [1.807, 2.05) is 6.92 Å². The second-order valence-corrected chi connectivity index (χ2v) is 8.61. The second kappa shape index (κ2) is 9.80. The number of anilines is 2. The van der Waals surface area contributed by atoms with Gasteiger partial charge in [0.25, 0.3) is 17.4 Å². The molecule has 7 nitrogen and oxygen atoms in total. The summed E-state index contributed by atoms with van der Waals surface area (Å²) in [5.41, 5.74) is 2.51. The number of amides is 2. The molecule has 9 heteroatoms. The van der Waals surface area contributed by atoms with Crippen molar-refractivity contribution in [3.05, 3.63) is 98.5 Å². The predicted octanol–water partition coefficient (Wildman–Crippen LogP) is 5.01. The van der Waals surface area contributed by atoms with E-state index in [2.05, 4.69) is 20.6 Å². The van der Waals surface area contributed by atoms with E-state index in [4.69, 9.17) is 0 Å². The van der Waals surface area contributed by atoms with Gasteiger partial charge in [-0.15, -0.1) is 11.3 Å². The number of aryl methyl sites for hydroxylation is 2. The van der Waals surface area contributed by atoms with Gasteiger partial charge in [0.05, 0.1) is 9.88 Å². The van der Waals surface area contributed by atoms with Crippen LogP contribution in [0, 0.1) is 12.7 Å². The summed E-state index contributed by atoms with van der Waals surface area (Å²) in [6.07, 6.45) is 0.628. The topological polar surface area (TPSA) is 104 Å². The third-order valence-corrected chi connectivity index (χ3v) is 6.15. The number of thiophene rings is 1. The Kier molecular flexibility index (Phi) is 6.65. The SMILES string of the molecule is CCc1cc(=O)[nH]c(-c2cccc(NC(=O)c3sc(NC(=O)c4cccc(F)c4)cc3C)c2)n1. The van der Waals surface area contributed by atoms with E-state index in [0.29, 0.717) is 44.6 Å². The fraction of sp³-hybridized carbons (Fsp3) is 0.120. The summed E-state index contributed by atoms with van der Waals surface area (Å²) in [7, 11) is 0. The normalized spacial score (nSPS) is 10.7. The first-order valence-corrected chi connectivity index (χ1v) is 11.3. The van der Waals surface area contributed by atoms with Crippen LogP contribution in [0.3, 0.4) is 0 Å². The molecule has 0 bridgehead atoms. The van der Waals surface area contributed by atoms with E-state index in [-0.39, 0.29) is 17.0 Å². The molecule has 0 aliphatic rings. The van der Waals surface area contributed by atoms with Gasteiger partial charge >= 0.3 is 0 Å². The average molecular weight is 477 g/mol. The molecular formula is C25H21FN4O3S. The van der Waals surface area contributed by atoms with Crippen molar-refractivity contribution in [1.82, 2.24) is 9.97 Å². The third kappa shape index (κ3) is 5.26. The maximum atomic E-state index is 13.4. The van der Waals surface area contributed by atoms with Gasteiger partial charge in [-0.1, -0.05) is 25.1 Å². The molecule has 0 fully saturated rings. The van der Waals surface area contributed by atoms with Crippen LogP contribution in [-0.4, -0.2) is 21.8 Å². The first-order chi connectivity index (χ1) is 16.3. The van der Waals surface area contributed by atoms with Crippen molar-refractivity contribution in [2.24, 2.45) is 0 Å². The molecule has 0 spiro atoms. The zero-order valence-corrected chi connectivity index (χ0v) is 19.3.